The molecule has 0 fully saturated rings. The van der Waals surface area contributed by atoms with E-state index >= 15 is 0 Å². The second kappa shape index (κ2) is 2.19. The quantitative estimate of drug-likeness (QED) is 0.640. The predicted octanol–water partition coefficient (Wildman–Crippen LogP) is 1.76. The van der Waals surface area contributed by atoms with Crippen LogP contribution in [0, 0.1) is 0 Å². The van der Waals surface area contributed by atoms with Crippen molar-refractivity contribution in [1.82, 2.24) is 4.98 Å². The minimum absolute atomic E-state index is 0.353. The maximum Gasteiger partial charge on any atom is 0.194 e. The van der Waals surface area contributed by atoms with Gasteiger partial charge in [0.15, 0.2) is 5.88 Å². The third kappa shape index (κ3) is 0.786. The normalized spacial score (nSPS) is 14.5. The molecule has 0 aromatic rings. The standard InChI is InChI=1S/C10H9NO2/c12-8-2-1-6-5-11-10-7(9(6)8)3-4-13-10/h1-2,5,11-12H,3-4H2. The van der Waals surface area contributed by atoms with Crippen molar-refractivity contribution in [3.63, 3.8) is 0 Å². The smallest absolute Gasteiger partial charge is 0.194 e. The number of ether oxygens (including phenoxy) is 1. The van der Waals surface area contributed by atoms with Crippen LogP contribution in [0.5, 0.6) is 11.6 Å². The molecule has 3 aliphatic rings. The Morgan fingerprint density at radius 1 is 1.38 bits per heavy atom. The van der Waals surface area contributed by atoms with Crippen molar-refractivity contribution in [3.05, 3.63) is 23.9 Å². The van der Waals surface area contributed by atoms with Crippen LogP contribution in [0.15, 0.2) is 18.3 Å². The minimum atomic E-state index is 0.353. The summed E-state index contributed by atoms with van der Waals surface area (Å²) >= 11 is 0. The first kappa shape index (κ1) is 6.83. The highest BCUT2D eigenvalue weighted by Crippen LogP contribution is 2.41. The van der Waals surface area contributed by atoms with Gasteiger partial charge in [0.05, 0.1) is 6.61 Å². The van der Waals surface area contributed by atoms with Gasteiger partial charge in [0.1, 0.15) is 5.75 Å². The number of rotatable bonds is 0. The Bertz CT molecular complexity index is 433. The summed E-state index contributed by atoms with van der Waals surface area (Å²) in [5, 5.41) is 9.61. The second-order valence-corrected chi connectivity index (χ2v) is 3.24. The number of aromatic nitrogens is 1. The molecule has 0 aromatic carbocycles. The Morgan fingerprint density at radius 3 is 3.23 bits per heavy atom. The first-order valence-corrected chi connectivity index (χ1v) is 4.31. The Labute approximate surface area is 75.3 Å². The van der Waals surface area contributed by atoms with E-state index in [4.69, 9.17) is 4.74 Å². The summed E-state index contributed by atoms with van der Waals surface area (Å²) in [5.41, 5.74) is 3.08. The first-order chi connectivity index (χ1) is 6.36. The maximum atomic E-state index is 9.61. The molecule has 0 aromatic heterocycles. The number of fused-ring (bicyclic) bond motifs is 3. The van der Waals surface area contributed by atoms with Crippen molar-refractivity contribution in [2.24, 2.45) is 0 Å². The van der Waals surface area contributed by atoms with Gasteiger partial charge in [-0.2, -0.15) is 0 Å². The number of nitrogens with one attached hydrogen (secondary N) is 1. The third-order valence-corrected chi connectivity index (χ3v) is 2.50. The maximum absolute atomic E-state index is 9.61. The molecule has 66 valence electrons. The fourth-order valence-electron chi connectivity index (χ4n) is 1.90. The lowest BCUT2D eigenvalue weighted by Crippen LogP contribution is -1.87. The van der Waals surface area contributed by atoms with Crippen LogP contribution < -0.4 is 4.74 Å². The summed E-state index contributed by atoms with van der Waals surface area (Å²) in [6, 6.07) is 3.62. The van der Waals surface area contributed by atoms with Gasteiger partial charge in [-0.25, -0.2) is 0 Å². The molecule has 0 amide bonds. The van der Waals surface area contributed by atoms with E-state index in [1.165, 1.54) is 0 Å². The summed E-state index contributed by atoms with van der Waals surface area (Å²) in [6.07, 6.45) is 2.74. The van der Waals surface area contributed by atoms with Gasteiger partial charge >= 0.3 is 0 Å². The van der Waals surface area contributed by atoms with Crippen LogP contribution in [0.1, 0.15) is 5.56 Å². The molecular weight excluding hydrogens is 166 g/mol. The van der Waals surface area contributed by atoms with Crippen LogP contribution in [0.2, 0.25) is 0 Å². The molecule has 1 aliphatic carbocycles. The van der Waals surface area contributed by atoms with Crippen molar-refractivity contribution >= 4 is 0 Å². The highest BCUT2D eigenvalue weighted by Gasteiger charge is 2.22. The van der Waals surface area contributed by atoms with Crippen molar-refractivity contribution in [1.29, 1.82) is 0 Å². The van der Waals surface area contributed by atoms with Crippen LogP contribution in [0.25, 0.3) is 11.1 Å². The average molecular weight is 175 g/mol. The van der Waals surface area contributed by atoms with Gasteiger partial charge in [-0.05, 0) is 12.1 Å². The van der Waals surface area contributed by atoms with Crippen molar-refractivity contribution in [3.8, 4) is 22.8 Å². The highest BCUT2D eigenvalue weighted by atomic mass is 16.5. The summed E-state index contributed by atoms with van der Waals surface area (Å²) in [4.78, 5) is 3.07. The van der Waals surface area contributed by atoms with E-state index in [0.717, 1.165) is 29.0 Å². The number of aromatic hydroxyl groups is 1. The minimum Gasteiger partial charge on any atom is -0.507 e. The first-order valence-electron chi connectivity index (χ1n) is 4.31. The van der Waals surface area contributed by atoms with Gasteiger partial charge in [-0.15, -0.1) is 0 Å². The largest absolute Gasteiger partial charge is 0.507 e. The molecule has 2 N–H and O–H groups in total. The van der Waals surface area contributed by atoms with Crippen LogP contribution in [-0.2, 0) is 6.42 Å². The lowest BCUT2D eigenvalue weighted by Gasteiger charge is -2.05. The van der Waals surface area contributed by atoms with E-state index in [-0.39, 0.29) is 0 Å². The van der Waals surface area contributed by atoms with Gasteiger partial charge in [-0.1, -0.05) is 0 Å². The fraction of sp³-hybridized carbons (Fsp3) is 0.200. The van der Waals surface area contributed by atoms with E-state index in [1.54, 1.807) is 6.07 Å². The van der Waals surface area contributed by atoms with E-state index in [2.05, 4.69) is 4.98 Å². The molecule has 0 saturated carbocycles. The molecule has 0 spiro atoms. The van der Waals surface area contributed by atoms with Crippen LogP contribution in [-0.4, -0.2) is 16.7 Å². The number of hydrogen-bond acceptors (Lipinski definition) is 2. The van der Waals surface area contributed by atoms with E-state index in [0.29, 0.717) is 12.4 Å². The Balaban J connectivity index is 2.39. The number of H-pyrrole nitrogens is 1. The number of pyridine rings is 1. The van der Waals surface area contributed by atoms with Gasteiger partial charge in [-0.3, -0.25) is 0 Å². The molecule has 2 heterocycles. The predicted molar refractivity (Wildman–Crippen MR) is 48.3 cm³/mol. The molecule has 3 nitrogen and oxygen atoms in total. The zero-order valence-corrected chi connectivity index (χ0v) is 7.00. The Kier molecular flexibility index (Phi) is 1.15. The van der Waals surface area contributed by atoms with Crippen molar-refractivity contribution < 1.29 is 9.84 Å². The molecule has 13 heavy (non-hydrogen) atoms. The van der Waals surface area contributed by atoms with E-state index in [9.17, 15) is 5.11 Å². The molecule has 0 atom stereocenters. The van der Waals surface area contributed by atoms with Crippen LogP contribution >= 0.6 is 0 Å². The van der Waals surface area contributed by atoms with E-state index in [1.807, 2.05) is 12.3 Å². The monoisotopic (exact) mass is 175 g/mol. The van der Waals surface area contributed by atoms with Crippen molar-refractivity contribution in [2.75, 3.05) is 6.61 Å². The van der Waals surface area contributed by atoms with Crippen LogP contribution in [0.3, 0.4) is 0 Å². The second-order valence-electron chi connectivity index (χ2n) is 3.24. The SMILES string of the molecule is Oc1ccc2c[nH]c3c(c1-2)CCO3. The molecule has 0 radical (unpaired) electrons. The Morgan fingerprint density at radius 2 is 2.31 bits per heavy atom. The zero-order chi connectivity index (χ0) is 8.84. The van der Waals surface area contributed by atoms with Gasteiger partial charge in [0.25, 0.3) is 0 Å². The van der Waals surface area contributed by atoms with Gasteiger partial charge < -0.3 is 14.8 Å². The van der Waals surface area contributed by atoms with Crippen LogP contribution in [0.4, 0.5) is 0 Å². The molecule has 0 bridgehead atoms. The summed E-state index contributed by atoms with van der Waals surface area (Å²) in [6.45, 7) is 0.704. The highest BCUT2D eigenvalue weighted by molar-refractivity contribution is 5.78. The molecule has 3 heteroatoms. The van der Waals surface area contributed by atoms with Crippen molar-refractivity contribution in [2.45, 2.75) is 6.42 Å². The molecular formula is C10H9NO2. The molecule has 0 saturated heterocycles. The summed E-state index contributed by atoms with van der Waals surface area (Å²) in [7, 11) is 0. The summed E-state index contributed by atoms with van der Waals surface area (Å²) in [5.74, 6) is 1.15. The third-order valence-electron chi connectivity index (χ3n) is 2.50. The lowest BCUT2D eigenvalue weighted by molar-refractivity contribution is 0.345. The molecule has 2 aliphatic heterocycles. The topological polar surface area (TPSA) is 45.2 Å². The van der Waals surface area contributed by atoms with E-state index < -0.39 is 0 Å². The zero-order valence-electron chi connectivity index (χ0n) is 7.00. The number of aromatic amines is 1. The van der Waals surface area contributed by atoms with Gasteiger partial charge in [0, 0.05) is 29.3 Å². The lowest BCUT2D eigenvalue weighted by atomic mass is 10.0. The summed E-state index contributed by atoms with van der Waals surface area (Å²) < 4.78 is 5.36. The number of hydrogen-bond donors (Lipinski definition) is 2. The Hall–Kier alpha value is -1.64. The van der Waals surface area contributed by atoms with Gasteiger partial charge in [0.2, 0.25) is 0 Å². The average Bonchev–Trinajstić information content (AvgIpc) is 2.70. The fourth-order valence-corrected chi connectivity index (χ4v) is 1.90. The molecule has 0 unspecified atom stereocenters. The molecule has 3 rings (SSSR count).